The molecular formula is C29H31BrN4O4. The second kappa shape index (κ2) is 10.4. The summed E-state index contributed by atoms with van der Waals surface area (Å²) in [5, 5.41) is 3.02. The van der Waals surface area contributed by atoms with E-state index in [2.05, 4.69) is 26.1 Å². The van der Waals surface area contributed by atoms with Crippen LogP contribution in [-0.2, 0) is 6.54 Å². The third kappa shape index (κ3) is 4.91. The SMILES string of the molecule is O=C(Nc1cc(C(=O)N2CCCCCC2)ccc1N1CC2CC(C1)c1cccc(=O)n1C2)c1ccc(Br)o1. The van der Waals surface area contributed by atoms with Crippen molar-refractivity contribution in [2.75, 3.05) is 36.4 Å². The van der Waals surface area contributed by atoms with Crippen LogP contribution < -0.4 is 15.8 Å². The van der Waals surface area contributed by atoms with E-state index >= 15 is 0 Å². The maximum Gasteiger partial charge on any atom is 0.291 e. The Morgan fingerprint density at radius 2 is 1.76 bits per heavy atom. The second-order valence-corrected chi connectivity index (χ2v) is 11.4. The molecule has 1 N–H and O–H groups in total. The summed E-state index contributed by atoms with van der Waals surface area (Å²) in [5.41, 5.74) is 3.16. The van der Waals surface area contributed by atoms with Crippen LogP contribution in [0.1, 0.15) is 64.6 Å². The van der Waals surface area contributed by atoms with Gasteiger partial charge in [-0.3, -0.25) is 14.4 Å². The molecule has 2 amide bonds. The summed E-state index contributed by atoms with van der Waals surface area (Å²) in [4.78, 5) is 43.2. The van der Waals surface area contributed by atoms with Gasteiger partial charge in [-0.15, -0.1) is 0 Å². The molecule has 2 aromatic heterocycles. The topological polar surface area (TPSA) is 87.8 Å². The molecular weight excluding hydrogens is 548 g/mol. The van der Waals surface area contributed by atoms with Gasteiger partial charge < -0.3 is 24.1 Å². The standard InChI is InChI=1S/C29H31BrN4O4/c30-26-11-10-25(38-26)28(36)31-22-15-20(29(37)32-12-3-1-2-4-13-32)8-9-24(22)33-16-19-14-21(18-33)23-6-5-7-27(35)34(23)17-19/h5-11,15,19,21H,1-4,12-14,16-18H2,(H,31,36). The van der Waals surface area contributed by atoms with Crippen LogP contribution in [0.4, 0.5) is 11.4 Å². The highest BCUT2D eigenvalue weighted by Crippen LogP contribution is 2.39. The number of nitrogens with one attached hydrogen (secondary N) is 1. The third-order valence-corrected chi connectivity index (χ3v) is 8.43. The van der Waals surface area contributed by atoms with Gasteiger partial charge in [0, 0.05) is 56.0 Å². The van der Waals surface area contributed by atoms with Crippen LogP contribution in [0.25, 0.3) is 0 Å². The Bertz CT molecular complexity index is 1420. The average Bonchev–Trinajstić information content (AvgIpc) is 3.17. The number of hydrogen-bond donors (Lipinski definition) is 1. The van der Waals surface area contributed by atoms with E-state index in [-0.39, 0.29) is 29.1 Å². The smallest absolute Gasteiger partial charge is 0.291 e. The number of benzene rings is 1. The first-order chi connectivity index (χ1) is 18.5. The Morgan fingerprint density at radius 1 is 0.947 bits per heavy atom. The number of fused-ring (bicyclic) bond motifs is 4. The van der Waals surface area contributed by atoms with Gasteiger partial charge in [-0.2, -0.15) is 0 Å². The molecule has 3 aliphatic rings. The van der Waals surface area contributed by atoms with Crippen molar-refractivity contribution in [3.63, 3.8) is 0 Å². The number of nitrogens with zero attached hydrogens (tertiary/aromatic N) is 3. The maximum atomic E-state index is 13.4. The molecule has 2 bridgehead atoms. The van der Waals surface area contributed by atoms with Gasteiger partial charge in [0.15, 0.2) is 10.4 Å². The molecule has 6 rings (SSSR count). The number of piperidine rings is 1. The van der Waals surface area contributed by atoms with Crippen molar-refractivity contribution < 1.29 is 14.0 Å². The zero-order valence-corrected chi connectivity index (χ0v) is 22.8. The molecule has 38 heavy (non-hydrogen) atoms. The van der Waals surface area contributed by atoms with Gasteiger partial charge in [-0.05, 0) is 77.5 Å². The number of halogens is 1. The first-order valence-electron chi connectivity index (χ1n) is 13.4. The van der Waals surface area contributed by atoms with Gasteiger partial charge in [0.1, 0.15) is 0 Å². The molecule has 3 aliphatic heterocycles. The van der Waals surface area contributed by atoms with Gasteiger partial charge in [-0.1, -0.05) is 18.9 Å². The molecule has 198 valence electrons. The Balaban J connectivity index is 1.33. The van der Waals surface area contributed by atoms with E-state index in [4.69, 9.17) is 4.42 Å². The number of pyridine rings is 1. The van der Waals surface area contributed by atoms with Crippen molar-refractivity contribution in [2.24, 2.45) is 5.92 Å². The number of likely N-dealkylation sites (tertiary alicyclic amines) is 1. The van der Waals surface area contributed by atoms with Gasteiger partial charge in [0.2, 0.25) is 0 Å². The molecule has 0 spiro atoms. The van der Waals surface area contributed by atoms with E-state index < -0.39 is 0 Å². The Kier molecular flexibility index (Phi) is 6.86. The van der Waals surface area contributed by atoms with E-state index in [0.29, 0.717) is 28.4 Å². The zero-order valence-electron chi connectivity index (χ0n) is 21.2. The number of furan rings is 1. The number of anilines is 2. The molecule has 3 aromatic rings. The summed E-state index contributed by atoms with van der Waals surface area (Å²) in [6.07, 6.45) is 5.36. The molecule has 2 unspecified atom stereocenters. The molecule has 2 fully saturated rings. The Morgan fingerprint density at radius 3 is 2.53 bits per heavy atom. The largest absolute Gasteiger partial charge is 0.444 e. The van der Waals surface area contributed by atoms with Crippen LogP contribution in [0.3, 0.4) is 0 Å². The van der Waals surface area contributed by atoms with E-state index in [0.717, 1.165) is 69.7 Å². The quantitative estimate of drug-likeness (QED) is 0.465. The number of hydrogen-bond acceptors (Lipinski definition) is 5. The highest BCUT2D eigenvalue weighted by atomic mass is 79.9. The fraction of sp³-hybridized carbons (Fsp3) is 0.414. The molecule has 0 radical (unpaired) electrons. The normalized spacial score (nSPS) is 21.0. The van der Waals surface area contributed by atoms with Crippen molar-refractivity contribution in [2.45, 2.75) is 44.6 Å². The van der Waals surface area contributed by atoms with Gasteiger partial charge in [-0.25, -0.2) is 0 Å². The monoisotopic (exact) mass is 578 g/mol. The number of carbonyl (C=O) groups excluding carboxylic acids is 2. The fourth-order valence-electron chi connectivity index (χ4n) is 6.21. The number of carbonyl (C=O) groups is 2. The van der Waals surface area contributed by atoms with Crippen LogP contribution >= 0.6 is 15.9 Å². The minimum atomic E-state index is -0.370. The van der Waals surface area contributed by atoms with Crippen LogP contribution in [0.15, 0.2) is 62.4 Å². The maximum absolute atomic E-state index is 13.4. The lowest BCUT2D eigenvalue weighted by Crippen LogP contribution is -2.47. The predicted molar refractivity (Wildman–Crippen MR) is 149 cm³/mol. The summed E-state index contributed by atoms with van der Waals surface area (Å²) < 4.78 is 7.87. The Labute approximate surface area is 229 Å². The minimum Gasteiger partial charge on any atom is -0.444 e. The molecule has 2 saturated heterocycles. The first-order valence-corrected chi connectivity index (χ1v) is 14.2. The van der Waals surface area contributed by atoms with Crippen molar-refractivity contribution in [3.05, 3.63) is 80.6 Å². The first kappa shape index (κ1) is 25.0. The molecule has 9 heteroatoms. The van der Waals surface area contributed by atoms with E-state index in [1.165, 1.54) is 0 Å². The molecule has 5 heterocycles. The highest BCUT2D eigenvalue weighted by Gasteiger charge is 2.35. The highest BCUT2D eigenvalue weighted by molar-refractivity contribution is 9.10. The van der Waals surface area contributed by atoms with Gasteiger partial charge in [0.25, 0.3) is 17.4 Å². The Hall–Kier alpha value is -3.33. The van der Waals surface area contributed by atoms with E-state index in [9.17, 15) is 14.4 Å². The number of rotatable bonds is 4. The van der Waals surface area contributed by atoms with Crippen molar-refractivity contribution in [1.82, 2.24) is 9.47 Å². The van der Waals surface area contributed by atoms with E-state index in [1.807, 2.05) is 33.7 Å². The summed E-state index contributed by atoms with van der Waals surface area (Å²) in [5.74, 6) is 0.364. The summed E-state index contributed by atoms with van der Waals surface area (Å²) >= 11 is 3.26. The average molecular weight is 579 g/mol. The second-order valence-electron chi connectivity index (χ2n) is 10.6. The number of aromatic nitrogens is 1. The lowest BCUT2D eigenvalue weighted by atomic mass is 9.83. The van der Waals surface area contributed by atoms with Gasteiger partial charge in [0.05, 0.1) is 11.4 Å². The predicted octanol–water partition coefficient (Wildman–Crippen LogP) is 5.10. The van der Waals surface area contributed by atoms with Crippen molar-refractivity contribution in [1.29, 1.82) is 0 Å². The van der Waals surface area contributed by atoms with E-state index in [1.54, 1.807) is 24.3 Å². The minimum absolute atomic E-state index is 0.00138. The molecule has 0 aliphatic carbocycles. The lowest BCUT2D eigenvalue weighted by Gasteiger charge is -2.44. The fourth-order valence-corrected chi connectivity index (χ4v) is 6.52. The third-order valence-electron chi connectivity index (χ3n) is 8.00. The zero-order chi connectivity index (χ0) is 26.2. The molecule has 1 aromatic carbocycles. The molecule has 2 atom stereocenters. The van der Waals surface area contributed by atoms with Crippen molar-refractivity contribution >= 4 is 39.1 Å². The number of amides is 2. The van der Waals surface area contributed by atoms with Crippen LogP contribution in [0.5, 0.6) is 0 Å². The van der Waals surface area contributed by atoms with Gasteiger partial charge >= 0.3 is 0 Å². The molecule has 0 saturated carbocycles. The van der Waals surface area contributed by atoms with Crippen LogP contribution in [0, 0.1) is 5.92 Å². The summed E-state index contributed by atoms with van der Waals surface area (Å²) in [6.45, 7) is 3.71. The lowest BCUT2D eigenvalue weighted by molar-refractivity contribution is 0.0761. The summed E-state index contributed by atoms with van der Waals surface area (Å²) in [7, 11) is 0. The van der Waals surface area contributed by atoms with Crippen LogP contribution in [0.2, 0.25) is 0 Å². The van der Waals surface area contributed by atoms with Crippen LogP contribution in [-0.4, -0.2) is 47.5 Å². The van der Waals surface area contributed by atoms with Crippen molar-refractivity contribution in [3.8, 4) is 0 Å². The molecule has 8 nitrogen and oxygen atoms in total. The summed E-state index contributed by atoms with van der Waals surface area (Å²) in [6, 6.07) is 14.5.